The Balaban J connectivity index is 1.83. The van der Waals surface area contributed by atoms with Gasteiger partial charge in [-0.2, -0.15) is 4.98 Å². The summed E-state index contributed by atoms with van der Waals surface area (Å²) in [6.07, 6.45) is 7.85. The van der Waals surface area contributed by atoms with Gasteiger partial charge in [-0.3, -0.25) is 0 Å². The van der Waals surface area contributed by atoms with Crippen molar-refractivity contribution in [3.63, 3.8) is 0 Å². The molecule has 0 bridgehead atoms. The fourth-order valence-corrected chi connectivity index (χ4v) is 1.95. The van der Waals surface area contributed by atoms with E-state index in [1.807, 2.05) is 48.7 Å². The molecule has 0 spiro atoms. The molecule has 3 rings (SSSR count). The van der Waals surface area contributed by atoms with Gasteiger partial charge < -0.3 is 4.74 Å². The first-order valence-electron chi connectivity index (χ1n) is 6.14. The highest BCUT2D eigenvalue weighted by molar-refractivity contribution is 5.66. The molecule has 0 unspecified atom stereocenters. The molecular weight excluding hydrogens is 224 g/mol. The van der Waals surface area contributed by atoms with Crippen LogP contribution in [0.4, 0.5) is 0 Å². The first-order chi connectivity index (χ1) is 8.92. The van der Waals surface area contributed by atoms with Crippen LogP contribution in [0.1, 0.15) is 23.4 Å². The van der Waals surface area contributed by atoms with E-state index in [2.05, 4.69) is 9.97 Å². The van der Waals surface area contributed by atoms with Crippen LogP contribution in [0, 0.1) is 0 Å². The number of aryl methyl sites for hydroxylation is 1. The fourth-order valence-electron chi connectivity index (χ4n) is 1.95. The highest BCUT2D eigenvalue weighted by atomic mass is 16.5. The maximum atomic E-state index is 5.53. The van der Waals surface area contributed by atoms with Gasteiger partial charge in [0.05, 0.1) is 6.61 Å². The summed E-state index contributed by atoms with van der Waals surface area (Å²) >= 11 is 0. The predicted octanol–water partition coefficient (Wildman–Crippen LogP) is 2.97. The second kappa shape index (κ2) is 5.00. The Morgan fingerprint density at radius 3 is 2.89 bits per heavy atom. The summed E-state index contributed by atoms with van der Waals surface area (Å²) in [5.74, 6) is 1.43. The maximum absolute atomic E-state index is 5.53. The van der Waals surface area contributed by atoms with Crippen LogP contribution in [0.2, 0.25) is 0 Å². The van der Waals surface area contributed by atoms with Crippen LogP contribution >= 0.6 is 0 Å². The summed E-state index contributed by atoms with van der Waals surface area (Å²) in [7, 11) is 0. The van der Waals surface area contributed by atoms with Crippen molar-refractivity contribution < 1.29 is 4.74 Å². The molecule has 90 valence electrons. The Morgan fingerprint density at radius 1 is 1.11 bits per heavy atom. The van der Waals surface area contributed by atoms with Crippen LogP contribution in [0.3, 0.4) is 0 Å². The standard InChI is InChI=1S/C15H14N2O/c1-2-5-12(6-3-1)8-9-14-16-11-13-7-4-10-18-15(13)17-14/h1-3,5-6,8-9,11H,4,7,10H2/b9-8+. The largest absolute Gasteiger partial charge is 0.477 e. The molecule has 0 radical (unpaired) electrons. The number of fused-ring (bicyclic) bond motifs is 1. The number of rotatable bonds is 2. The average Bonchev–Trinajstić information content (AvgIpc) is 2.46. The molecule has 1 aliphatic heterocycles. The highest BCUT2D eigenvalue weighted by Crippen LogP contribution is 2.21. The van der Waals surface area contributed by atoms with Gasteiger partial charge in [0, 0.05) is 11.8 Å². The number of benzene rings is 1. The summed E-state index contributed by atoms with van der Waals surface area (Å²) in [5, 5.41) is 0. The van der Waals surface area contributed by atoms with Crippen molar-refractivity contribution in [3.05, 3.63) is 53.5 Å². The molecule has 0 saturated carbocycles. The molecule has 18 heavy (non-hydrogen) atoms. The summed E-state index contributed by atoms with van der Waals surface area (Å²) in [4.78, 5) is 8.74. The molecule has 0 fully saturated rings. The molecular formula is C15H14N2O. The monoisotopic (exact) mass is 238 g/mol. The molecule has 2 aromatic rings. The molecule has 1 aromatic carbocycles. The van der Waals surface area contributed by atoms with E-state index in [4.69, 9.17) is 4.74 Å². The lowest BCUT2D eigenvalue weighted by atomic mass is 10.1. The first kappa shape index (κ1) is 11.0. The maximum Gasteiger partial charge on any atom is 0.220 e. The number of aromatic nitrogens is 2. The van der Waals surface area contributed by atoms with E-state index < -0.39 is 0 Å². The van der Waals surface area contributed by atoms with Crippen molar-refractivity contribution in [1.82, 2.24) is 9.97 Å². The number of ether oxygens (including phenoxy) is 1. The lowest BCUT2D eigenvalue weighted by Crippen LogP contribution is -2.11. The quantitative estimate of drug-likeness (QED) is 0.806. The van der Waals surface area contributed by atoms with Crippen molar-refractivity contribution in [2.24, 2.45) is 0 Å². The molecule has 0 aliphatic carbocycles. The molecule has 1 aliphatic rings. The van der Waals surface area contributed by atoms with Gasteiger partial charge >= 0.3 is 0 Å². The topological polar surface area (TPSA) is 35.0 Å². The third-order valence-corrected chi connectivity index (χ3v) is 2.90. The Morgan fingerprint density at radius 2 is 2.00 bits per heavy atom. The Hall–Kier alpha value is -2.16. The molecule has 0 saturated heterocycles. The van der Waals surface area contributed by atoms with E-state index in [1.54, 1.807) is 0 Å². The fraction of sp³-hybridized carbons (Fsp3) is 0.200. The van der Waals surface area contributed by atoms with Gasteiger partial charge in [-0.25, -0.2) is 4.98 Å². The molecule has 1 aromatic heterocycles. The minimum atomic E-state index is 0.694. The minimum Gasteiger partial charge on any atom is -0.477 e. The molecule has 2 heterocycles. The summed E-state index contributed by atoms with van der Waals surface area (Å²) < 4.78 is 5.53. The predicted molar refractivity (Wildman–Crippen MR) is 71.2 cm³/mol. The normalized spacial score (nSPS) is 14.2. The van der Waals surface area contributed by atoms with Crippen LogP contribution in [0.25, 0.3) is 12.2 Å². The molecule has 3 nitrogen and oxygen atoms in total. The van der Waals surface area contributed by atoms with Crippen molar-refractivity contribution in [2.45, 2.75) is 12.8 Å². The zero-order valence-electron chi connectivity index (χ0n) is 10.0. The van der Waals surface area contributed by atoms with Gasteiger partial charge in [-0.15, -0.1) is 0 Å². The second-order valence-corrected chi connectivity index (χ2v) is 4.25. The summed E-state index contributed by atoms with van der Waals surface area (Å²) in [5.41, 5.74) is 2.25. The Kier molecular flexibility index (Phi) is 3.05. The molecule has 0 atom stereocenters. The zero-order valence-corrected chi connectivity index (χ0v) is 10.0. The van der Waals surface area contributed by atoms with Crippen LogP contribution in [-0.2, 0) is 6.42 Å². The second-order valence-electron chi connectivity index (χ2n) is 4.25. The van der Waals surface area contributed by atoms with Crippen molar-refractivity contribution in [2.75, 3.05) is 6.61 Å². The Bertz CT molecular complexity index is 564. The van der Waals surface area contributed by atoms with Gasteiger partial charge in [-0.05, 0) is 24.5 Å². The minimum absolute atomic E-state index is 0.694. The highest BCUT2D eigenvalue weighted by Gasteiger charge is 2.11. The lowest BCUT2D eigenvalue weighted by Gasteiger charge is -2.15. The SMILES string of the molecule is C(=C\c1ncc2c(n1)OCCC2)/c1ccccc1. The zero-order chi connectivity index (χ0) is 12.2. The van der Waals surface area contributed by atoms with E-state index in [0.717, 1.165) is 36.5 Å². The molecule has 0 N–H and O–H groups in total. The van der Waals surface area contributed by atoms with E-state index >= 15 is 0 Å². The van der Waals surface area contributed by atoms with Crippen LogP contribution in [0.15, 0.2) is 36.5 Å². The number of nitrogens with zero attached hydrogens (tertiary/aromatic N) is 2. The van der Waals surface area contributed by atoms with Crippen LogP contribution in [0.5, 0.6) is 5.88 Å². The summed E-state index contributed by atoms with van der Waals surface area (Å²) in [6, 6.07) is 10.1. The van der Waals surface area contributed by atoms with Crippen molar-refractivity contribution in [3.8, 4) is 5.88 Å². The number of hydrogen-bond acceptors (Lipinski definition) is 3. The van der Waals surface area contributed by atoms with Gasteiger partial charge in [0.25, 0.3) is 0 Å². The third kappa shape index (κ3) is 2.40. The van der Waals surface area contributed by atoms with Crippen LogP contribution < -0.4 is 4.74 Å². The van der Waals surface area contributed by atoms with E-state index in [1.165, 1.54) is 0 Å². The van der Waals surface area contributed by atoms with Crippen molar-refractivity contribution >= 4 is 12.2 Å². The first-order valence-corrected chi connectivity index (χ1v) is 6.14. The lowest BCUT2D eigenvalue weighted by molar-refractivity contribution is 0.275. The van der Waals surface area contributed by atoms with E-state index in [-0.39, 0.29) is 0 Å². The van der Waals surface area contributed by atoms with Gasteiger partial charge in [0.2, 0.25) is 5.88 Å². The molecule has 3 heteroatoms. The smallest absolute Gasteiger partial charge is 0.220 e. The van der Waals surface area contributed by atoms with Gasteiger partial charge in [-0.1, -0.05) is 36.4 Å². The van der Waals surface area contributed by atoms with Gasteiger partial charge in [0.1, 0.15) is 0 Å². The third-order valence-electron chi connectivity index (χ3n) is 2.90. The van der Waals surface area contributed by atoms with Crippen molar-refractivity contribution in [1.29, 1.82) is 0 Å². The number of hydrogen-bond donors (Lipinski definition) is 0. The van der Waals surface area contributed by atoms with Crippen LogP contribution in [-0.4, -0.2) is 16.6 Å². The van der Waals surface area contributed by atoms with E-state index in [9.17, 15) is 0 Å². The molecule has 0 amide bonds. The van der Waals surface area contributed by atoms with Gasteiger partial charge in [0.15, 0.2) is 5.82 Å². The summed E-state index contributed by atoms with van der Waals surface area (Å²) in [6.45, 7) is 0.756. The van der Waals surface area contributed by atoms with E-state index in [0.29, 0.717) is 5.82 Å². The Labute approximate surface area is 106 Å². The average molecular weight is 238 g/mol.